The normalized spacial score (nSPS) is 17.5. The summed E-state index contributed by atoms with van der Waals surface area (Å²) in [4.78, 5) is 6.49. The van der Waals surface area contributed by atoms with Crippen LogP contribution < -0.4 is 0 Å². The lowest BCUT2D eigenvalue weighted by atomic mass is 10.2. The van der Waals surface area contributed by atoms with Gasteiger partial charge in [-0.05, 0) is 19.8 Å². The van der Waals surface area contributed by atoms with Gasteiger partial charge in [0, 0.05) is 53.6 Å². The molecule has 0 fully saturated rings. The van der Waals surface area contributed by atoms with Gasteiger partial charge in [-0.1, -0.05) is 0 Å². The van der Waals surface area contributed by atoms with E-state index >= 15 is 0 Å². The van der Waals surface area contributed by atoms with Gasteiger partial charge in [-0.2, -0.15) is 0 Å². The third-order valence-electron chi connectivity index (χ3n) is 3.83. The van der Waals surface area contributed by atoms with Gasteiger partial charge in [0.2, 0.25) is 0 Å². The first-order valence-corrected chi connectivity index (χ1v) is 9.67. The molecule has 1 heterocycles. The van der Waals surface area contributed by atoms with Crippen molar-refractivity contribution in [3.8, 4) is 0 Å². The van der Waals surface area contributed by atoms with Gasteiger partial charge in [0.1, 0.15) is 0 Å². The smallest absolute Gasteiger partial charge is 0.389 e. The Labute approximate surface area is 134 Å². The highest BCUT2D eigenvalue weighted by Gasteiger charge is 2.36. The molecule has 0 amide bonds. The molecule has 1 atom stereocenters. The van der Waals surface area contributed by atoms with Crippen LogP contribution in [0.5, 0.6) is 0 Å². The van der Waals surface area contributed by atoms with Gasteiger partial charge in [0.15, 0.2) is 0 Å². The summed E-state index contributed by atoms with van der Waals surface area (Å²) in [6.07, 6.45) is 1.32. The number of rotatable bonds is 11. The van der Waals surface area contributed by atoms with Crippen molar-refractivity contribution in [2.45, 2.75) is 31.9 Å². The molecule has 1 aliphatic heterocycles. The number of aliphatic imine (C=N–C) groups is 1. The van der Waals surface area contributed by atoms with Crippen molar-refractivity contribution in [2.24, 2.45) is 4.99 Å². The second-order valence-electron chi connectivity index (χ2n) is 5.36. The van der Waals surface area contributed by atoms with Crippen LogP contribution in [-0.2, 0) is 18.0 Å². The zero-order valence-electron chi connectivity index (χ0n) is 14.2. The van der Waals surface area contributed by atoms with Crippen LogP contribution in [0.3, 0.4) is 0 Å². The Hall–Kier alpha value is -0.513. The van der Waals surface area contributed by atoms with E-state index in [1.807, 2.05) is 6.92 Å². The molecule has 0 radical (unpaired) electrons. The minimum absolute atomic E-state index is 0.325. The van der Waals surface area contributed by atoms with E-state index in [9.17, 15) is 5.11 Å². The first-order valence-electron chi connectivity index (χ1n) is 7.74. The minimum Gasteiger partial charge on any atom is -0.389 e. The molecular weight excluding hydrogens is 304 g/mol. The summed E-state index contributed by atoms with van der Waals surface area (Å²) in [7, 11) is 2.31. The lowest BCUT2D eigenvalue weighted by Gasteiger charge is -2.29. The van der Waals surface area contributed by atoms with Crippen molar-refractivity contribution < 1.29 is 23.1 Å². The number of nitrogens with zero attached hydrogens (tertiary/aromatic N) is 2. The SMILES string of the molecule is CO[Si](CCCOCC(O)CN1CCCN=C1C)(OC)OC. The molecule has 0 aromatic heterocycles. The molecule has 1 rings (SSSR count). The molecule has 22 heavy (non-hydrogen) atoms. The standard InChI is InChI=1S/C14H30N2O5Si/c1-13-15-7-5-8-16(13)11-14(17)12-21-9-6-10-22(18-2,19-3)20-4/h14,17H,5-12H2,1-4H3. The molecule has 0 saturated carbocycles. The number of aliphatic hydroxyl groups excluding tert-OH is 1. The third kappa shape index (κ3) is 6.31. The maximum atomic E-state index is 10.0. The zero-order chi connectivity index (χ0) is 16.4. The predicted octanol–water partition coefficient (Wildman–Crippen LogP) is 0.756. The van der Waals surface area contributed by atoms with E-state index in [4.69, 9.17) is 18.0 Å². The van der Waals surface area contributed by atoms with Crippen LogP contribution in [0.4, 0.5) is 0 Å². The van der Waals surface area contributed by atoms with Gasteiger partial charge >= 0.3 is 8.80 Å². The summed E-state index contributed by atoms with van der Waals surface area (Å²) in [6, 6.07) is 0.699. The first-order chi connectivity index (χ1) is 10.6. The number of aliphatic hydroxyl groups is 1. The summed E-state index contributed by atoms with van der Waals surface area (Å²) in [6.45, 7) is 5.27. The summed E-state index contributed by atoms with van der Waals surface area (Å²) >= 11 is 0. The van der Waals surface area contributed by atoms with Crippen molar-refractivity contribution in [1.82, 2.24) is 4.90 Å². The Morgan fingerprint density at radius 2 is 1.95 bits per heavy atom. The van der Waals surface area contributed by atoms with E-state index in [1.54, 1.807) is 21.3 Å². The van der Waals surface area contributed by atoms with Gasteiger partial charge in [-0.25, -0.2) is 0 Å². The summed E-state index contributed by atoms with van der Waals surface area (Å²) in [5.41, 5.74) is 0. The molecule has 130 valence electrons. The predicted molar refractivity (Wildman–Crippen MR) is 87.2 cm³/mol. The lowest BCUT2D eigenvalue weighted by Crippen LogP contribution is -2.43. The van der Waals surface area contributed by atoms with Crippen molar-refractivity contribution in [3.05, 3.63) is 0 Å². The quantitative estimate of drug-likeness (QED) is 0.444. The summed E-state index contributed by atoms with van der Waals surface area (Å²) in [5, 5.41) is 10.0. The highest BCUT2D eigenvalue weighted by atomic mass is 28.4. The number of hydrogen-bond acceptors (Lipinski definition) is 7. The van der Waals surface area contributed by atoms with Crippen LogP contribution in [0.25, 0.3) is 0 Å². The fourth-order valence-electron chi connectivity index (χ4n) is 2.46. The van der Waals surface area contributed by atoms with Gasteiger partial charge < -0.3 is 28.0 Å². The lowest BCUT2D eigenvalue weighted by molar-refractivity contribution is 0.0244. The number of β-amino-alcohol motifs (C(OH)–C–C–N with tert-alkyl or cyclic N) is 1. The highest BCUT2D eigenvalue weighted by molar-refractivity contribution is 6.60. The maximum absolute atomic E-state index is 10.0. The van der Waals surface area contributed by atoms with Crippen LogP contribution in [0.15, 0.2) is 4.99 Å². The highest BCUT2D eigenvalue weighted by Crippen LogP contribution is 2.14. The van der Waals surface area contributed by atoms with Gasteiger partial charge in [-0.3, -0.25) is 4.99 Å². The van der Waals surface area contributed by atoms with E-state index in [0.29, 0.717) is 25.8 Å². The summed E-state index contributed by atoms with van der Waals surface area (Å²) < 4.78 is 21.6. The number of hydrogen-bond donors (Lipinski definition) is 1. The second-order valence-corrected chi connectivity index (χ2v) is 8.45. The van der Waals surface area contributed by atoms with E-state index in [2.05, 4.69) is 9.89 Å². The molecule has 0 aliphatic carbocycles. The van der Waals surface area contributed by atoms with Crippen molar-refractivity contribution >= 4 is 14.6 Å². The van der Waals surface area contributed by atoms with E-state index in [0.717, 1.165) is 31.8 Å². The Bertz CT molecular complexity index is 331. The van der Waals surface area contributed by atoms with Crippen LogP contribution in [0, 0.1) is 0 Å². The molecule has 8 heteroatoms. The number of amidine groups is 1. The van der Waals surface area contributed by atoms with E-state index in [-0.39, 0.29) is 0 Å². The molecule has 1 unspecified atom stereocenters. The fraction of sp³-hybridized carbons (Fsp3) is 0.929. The topological polar surface area (TPSA) is 72.8 Å². The molecule has 0 aromatic rings. The van der Waals surface area contributed by atoms with Crippen molar-refractivity contribution in [1.29, 1.82) is 0 Å². The molecule has 1 aliphatic rings. The van der Waals surface area contributed by atoms with Crippen LogP contribution in [0.2, 0.25) is 6.04 Å². The first kappa shape index (κ1) is 19.5. The van der Waals surface area contributed by atoms with Crippen molar-refractivity contribution in [3.63, 3.8) is 0 Å². The molecule has 0 bridgehead atoms. The zero-order valence-corrected chi connectivity index (χ0v) is 15.2. The Morgan fingerprint density at radius 1 is 1.27 bits per heavy atom. The van der Waals surface area contributed by atoms with E-state index < -0.39 is 14.9 Å². The molecule has 1 N–H and O–H groups in total. The van der Waals surface area contributed by atoms with Gasteiger partial charge in [0.05, 0.1) is 18.5 Å². The average molecular weight is 334 g/mol. The molecule has 0 aromatic carbocycles. The van der Waals surface area contributed by atoms with Crippen LogP contribution >= 0.6 is 0 Å². The Kier molecular flexibility index (Phi) is 9.14. The monoisotopic (exact) mass is 334 g/mol. The summed E-state index contributed by atoms with van der Waals surface area (Å²) in [5.74, 6) is 1.00. The minimum atomic E-state index is -2.51. The third-order valence-corrected chi connectivity index (χ3v) is 6.66. The molecule has 0 spiro atoms. The Balaban J connectivity index is 2.16. The average Bonchev–Trinajstić information content (AvgIpc) is 2.54. The maximum Gasteiger partial charge on any atom is 0.500 e. The molecular formula is C14H30N2O5Si. The van der Waals surface area contributed by atoms with Gasteiger partial charge in [0.25, 0.3) is 0 Å². The van der Waals surface area contributed by atoms with Crippen LogP contribution in [-0.4, -0.2) is 84.9 Å². The van der Waals surface area contributed by atoms with E-state index in [1.165, 1.54) is 0 Å². The number of ether oxygens (including phenoxy) is 1. The van der Waals surface area contributed by atoms with Crippen molar-refractivity contribution in [2.75, 3.05) is 54.2 Å². The second kappa shape index (κ2) is 10.3. The largest absolute Gasteiger partial charge is 0.500 e. The fourth-order valence-corrected chi connectivity index (χ4v) is 4.15. The Morgan fingerprint density at radius 3 is 2.55 bits per heavy atom. The van der Waals surface area contributed by atoms with Gasteiger partial charge in [-0.15, -0.1) is 0 Å². The van der Waals surface area contributed by atoms with Crippen LogP contribution in [0.1, 0.15) is 19.8 Å². The molecule has 0 saturated heterocycles. The molecule has 7 nitrogen and oxygen atoms in total.